The number of benzene rings is 1. The van der Waals surface area contributed by atoms with Crippen LogP contribution >= 0.6 is 11.3 Å². The van der Waals surface area contributed by atoms with E-state index < -0.39 is 21.7 Å². The molecule has 0 unspecified atom stereocenters. The lowest BCUT2D eigenvalue weighted by atomic mass is 10.2. The van der Waals surface area contributed by atoms with Gasteiger partial charge in [0.1, 0.15) is 11.5 Å². The van der Waals surface area contributed by atoms with E-state index in [0.717, 1.165) is 10.6 Å². The summed E-state index contributed by atoms with van der Waals surface area (Å²) in [6.45, 7) is 0.495. The molecule has 0 radical (unpaired) electrons. The van der Waals surface area contributed by atoms with Crippen LogP contribution in [0.1, 0.15) is 26.6 Å². The normalized spacial score (nSPS) is 14.4. The van der Waals surface area contributed by atoms with Crippen LogP contribution in [-0.4, -0.2) is 40.1 Å². The minimum absolute atomic E-state index is 0.171. The van der Waals surface area contributed by atoms with E-state index in [-0.39, 0.29) is 18.0 Å². The third kappa shape index (κ3) is 4.47. The molecule has 8 nitrogen and oxygen atoms in total. The molecule has 0 fully saturated rings. The fourth-order valence-electron chi connectivity index (χ4n) is 2.92. The summed E-state index contributed by atoms with van der Waals surface area (Å²) in [5.74, 6) is -1.03. The molecule has 0 bridgehead atoms. The van der Waals surface area contributed by atoms with Gasteiger partial charge < -0.3 is 0 Å². The first kappa shape index (κ1) is 19.6. The van der Waals surface area contributed by atoms with Crippen LogP contribution in [0.2, 0.25) is 0 Å². The standard InChI is InChI=1S/C18H16FN5O3S2/c19-13-3-1-12(2-4-13)11-29(26,27)24-8-5-14-16(10-24)28-18(22-14)23-17(25)15-9-20-6-7-21-15/h1-4,6-7,9H,5,8,10-11H2,(H,22,23,25). The molecule has 1 amide bonds. The Morgan fingerprint density at radius 2 is 2.03 bits per heavy atom. The van der Waals surface area contributed by atoms with E-state index in [1.165, 1.54) is 58.5 Å². The van der Waals surface area contributed by atoms with Gasteiger partial charge in [-0.05, 0) is 17.7 Å². The van der Waals surface area contributed by atoms with Crippen molar-refractivity contribution in [2.75, 3.05) is 11.9 Å². The Balaban J connectivity index is 1.46. The molecule has 3 aromatic rings. The monoisotopic (exact) mass is 433 g/mol. The summed E-state index contributed by atoms with van der Waals surface area (Å²) in [6.07, 6.45) is 4.70. The first-order chi connectivity index (χ1) is 13.9. The Morgan fingerprint density at radius 1 is 1.24 bits per heavy atom. The minimum Gasteiger partial charge on any atom is -0.296 e. The van der Waals surface area contributed by atoms with E-state index in [0.29, 0.717) is 23.7 Å². The topological polar surface area (TPSA) is 105 Å². The van der Waals surface area contributed by atoms with E-state index in [9.17, 15) is 17.6 Å². The molecule has 0 atom stereocenters. The van der Waals surface area contributed by atoms with E-state index in [1.807, 2.05) is 0 Å². The van der Waals surface area contributed by atoms with E-state index in [1.54, 1.807) is 0 Å². The summed E-state index contributed by atoms with van der Waals surface area (Å²) in [7, 11) is -3.56. The maximum absolute atomic E-state index is 13.0. The van der Waals surface area contributed by atoms with Crippen molar-refractivity contribution < 1.29 is 17.6 Å². The van der Waals surface area contributed by atoms with Crippen LogP contribution < -0.4 is 5.32 Å². The Kier molecular flexibility index (Phi) is 5.35. The number of nitrogens with zero attached hydrogens (tertiary/aromatic N) is 4. The number of rotatable bonds is 5. The third-order valence-electron chi connectivity index (χ3n) is 4.37. The number of hydrogen-bond donors (Lipinski definition) is 1. The van der Waals surface area contributed by atoms with Crippen LogP contribution in [0.25, 0.3) is 0 Å². The second kappa shape index (κ2) is 7.93. The average molecular weight is 433 g/mol. The van der Waals surface area contributed by atoms with Gasteiger partial charge in [0, 0.05) is 36.8 Å². The number of hydrogen-bond acceptors (Lipinski definition) is 7. The zero-order valence-electron chi connectivity index (χ0n) is 15.1. The number of carbonyl (C=O) groups excluding carboxylic acids is 1. The average Bonchev–Trinajstić information content (AvgIpc) is 3.11. The molecule has 0 saturated carbocycles. The van der Waals surface area contributed by atoms with Gasteiger partial charge >= 0.3 is 0 Å². The molecule has 1 aliphatic heterocycles. The summed E-state index contributed by atoms with van der Waals surface area (Å²) in [5, 5.41) is 3.07. The highest BCUT2D eigenvalue weighted by atomic mass is 32.2. The molecular weight excluding hydrogens is 417 g/mol. The highest BCUT2D eigenvalue weighted by Gasteiger charge is 2.29. The van der Waals surface area contributed by atoms with Gasteiger partial charge in [0.05, 0.1) is 17.6 Å². The maximum atomic E-state index is 13.0. The first-order valence-corrected chi connectivity index (χ1v) is 11.1. The van der Waals surface area contributed by atoms with Crippen LogP contribution in [0.3, 0.4) is 0 Å². The van der Waals surface area contributed by atoms with Gasteiger partial charge in [-0.1, -0.05) is 12.1 Å². The van der Waals surface area contributed by atoms with Crippen LogP contribution in [0, 0.1) is 5.82 Å². The van der Waals surface area contributed by atoms with Crippen LogP contribution in [-0.2, 0) is 28.7 Å². The van der Waals surface area contributed by atoms with Crippen LogP contribution in [0.15, 0.2) is 42.9 Å². The molecular formula is C18H16FN5O3S2. The molecule has 0 saturated heterocycles. The van der Waals surface area contributed by atoms with Gasteiger partial charge in [-0.25, -0.2) is 22.8 Å². The molecule has 11 heteroatoms. The Bertz CT molecular complexity index is 1130. The van der Waals surface area contributed by atoms with E-state index >= 15 is 0 Å². The molecule has 1 aromatic carbocycles. The lowest BCUT2D eigenvalue weighted by Crippen LogP contribution is -2.36. The molecule has 1 N–H and O–H groups in total. The molecule has 150 valence electrons. The number of sulfonamides is 1. The summed E-state index contributed by atoms with van der Waals surface area (Å²) < 4.78 is 39.9. The molecule has 1 aliphatic rings. The van der Waals surface area contributed by atoms with Gasteiger partial charge in [-0.3, -0.25) is 15.1 Å². The van der Waals surface area contributed by atoms with E-state index in [2.05, 4.69) is 20.3 Å². The number of nitrogens with one attached hydrogen (secondary N) is 1. The summed E-state index contributed by atoms with van der Waals surface area (Å²) in [5.41, 5.74) is 1.47. The van der Waals surface area contributed by atoms with E-state index in [4.69, 9.17) is 0 Å². The largest absolute Gasteiger partial charge is 0.296 e. The van der Waals surface area contributed by atoms with Gasteiger partial charge in [0.25, 0.3) is 5.91 Å². The van der Waals surface area contributed by atoms with Crippen molar-refractivity contribution in [1.82, 2.24) is 19.3 Å². The molecule has 4 rings (SSSR count). The predicted molar refractivity (Wildman–Crippen MR) is 105 cm³/mol. The number of halogens is 1. The fourth-order valence-corrected chi connectivity index (χ4v) is 5.52. The lowest BCUT2D eigenvalue weighted by molar-refractivity contribution is 0.102. The van der Waals surface area contributed by atoms with Crippen molar-refractivity contribution in [2.24, 2.45) is 0 Å². The number of amides is 1. The Hall–Kier alpha value is -2.76. The summed E-state index contributed by atoms with van der Waals surface area (Å²) in [4.78, 5) is 25.2. The summed E-state index contributed by atoms with van der Waals surface area (Å²) in [6, 6.07) is 5.42. The zero-order valence-corrected chi connectivity index (χ0v) is 16.7. The van der Waals surface area contributed by atoms with Crippen molar-refractivity contribution in [1.29, 1.82) is 0 Å². The number of fused-ring (bicyclic) bond motifs is 1. The highest BCUT2D eigenvalue weighted by molar-refractivity contribution is 7.88. The molecule has 0 spiro atoms. The summed E-state index contributed by atoms with van der Waals surface area (Å²) >= 11 is 1.24. The quantitative estimate of drug-likeness (QED) is 0.661. The van der Waals surface area contributed by atoms with Crippen molar-refractivity contribution in [3.8, 4) is 0 Å². The second-order valence-electron chi connectivity index (χ2n) is 6.40. The van der Waals surface area contributed by atoms with Crippen molar-refractivity contribution in [2.45, 2.75) is 18.7 Å². The second-order valence-corrected chi connectivity index (χ2v) is 9.45. The van der Waals surface area contributed by atoms with Crippen molar-refractivity contribution >= 4 is 32.4 Å². The van der Waals surface area contributed by atoms with Crippen molar-refractivity contribution in [3.63, 3.8) is 0 Å². The van der Waals surface area contributed by atoms with Crippen LogP contribution in [0.4, 0.5) is 9.52 Å². The molecule has 2 aromatic heterocycles. The first-order valence-electron chi connectivity index (χ1n) is 8.69. The minimum atomic E-state index is -3.56. The van der Waals surface area contributed by atoms with Gasteiger partial charge in [-0.15, -0.1) is 11.3 Å². The predicted octanol–water partition coefficient (Wildman–Crippen LogP) is 2.21. The number of thiazole rings is 1. The smallest absolute Gasteiger partial charge is 0.277 e. The van der Waals surface area contributed by atoms with Gasteiger partial charge in [-0.2, -0.15) is 4.31 Å². The van der Waals surface area contributed by atoms with Gasteiger partial charge in [0.15, 0.2) is 5.13 Å². The van der Waals surface area contributed by atoms with Gasteiger partial charge in [0.2, 0.25) is 10.0 Å². The lowest BCUT2D eigenvalue weighted by Gasteiger charge is -2.25. The Morgan fingerprint density at radius 3 is 2.76 bits per heavy atom. The Labute approximate surface area is 170 Å². The molecule has 3 heterocycles. The highest BCUT2D eigenvalue weighted by Crippen LogP contribution is 2.30. The zero-order chi connectivity index (χ0) is 20.4. The molecule has 29 heavy (non-hydrogen) atoms. The fraction of sp³-hybridized carbons (Fsp3) is 0.222. The van der Waals surface area contributed by atoms with Crippen LogP contribution in [0.5, 0.6) is 0 Å². The number of aromatic nitrogens is 3. The SMILES string of the molecule is O=C(Nc1nc2c(s1)CN(S(=O)(=O)Cc1ccc(F)cc1)CC2)c1cnccn1. The number of carbonyl (C=O) groups is 1. The number of anilines is 1. The molecule has 0 aliphatic carbocycles. The van der Waals surface area contributed by atoms with Crippen molar-refractivity contribution in [3.05, 3.63) is 70.5 Å². The maximum Gasteiger partial charge on any atom is 0.277 e. The third-order valence-corrected chi connectivity index (χ3v) is 7.16.